The number of hydrogen-bond donors (Lipinski definition) is 0. The molecule has 0 saturated carbocycles. The smallest absolute Gasteiger partial charge is 0.262 e. The molecular formula is C19H16ClN3O2S2. The van der Waals surface area contributed by atoms with Crippen LogP contribution in [0, 0.1) is 13.8 Å². The van der Waals surface area contributed by atoms with Crippen LogP contribution < -0.4 is 5.56 Å². The van der Waals surface area contributed by atoms with E-state index in [9.17, 15) is 4.79 Å². The number of benzene rings is 1. The minimum absolute atomic E-state index is 0.0104. The molecule has 3 aromatic heterocycles. The Morgan fingerprint density at radius 2 is 2.00 bits per heavy atom. The molecule has 0 spiro atoms. The summed E-state index contributed by atoms with van der Waals surface area (Å²) >= 11 is 8.94. The fraction of sp³-hybridized carbons (Fsp3) is 0.211. The van der Waals surface area contributed by atoms with Crippen LogP contribution in [0.25, 0.3) is 21.5 Å². The van der Waals surface area contributed by atoms with Gasteiger partial charge in [0.05, 0.1) is 11.1 Å². The van der Waals surface area contributed by atoms with E-state index in [1.807, 2.05) is 44.2 Å². The largest absolute Gasteiger partial charge is 0.360 e. The number of hydrogen-bond acceptors (Lipinski definition) is 6. The van der Waals surface area contributed by atoms with Gasteiger partial charge >= 0.3 is 0 Å². The van der Waals surface area contributed by atoms with E-state index in [4.69, 9.17) is 16.1 Å². The van der Waals surface area contributed by atoms with E-state index in [0.717, 1.165) is 32.3 Å². The lowest BCUT2D eigenvalue weighted by molar-refractivity contribution is 0.397. The maximum absolute atomic E-state index is 12.7. The Balaban J connectivity index is 1.58. The van der Waals surface area contributed by atoms with Gasteiger partial charge in [0.2, 0.25) is 0 Å². The van der Waals surface area contributed by atoms with Crippen LogP contribution in [0.2, 0.25) is 5.02 Å². The van der Waals surface area contributed by atoms with Gasteiger partial charge in [-0.2, -0.15) is 0 Å². The molecule has 0 radical (unpaired) electrons. The summed E-state index contributed by atoms with van der Waals surface area (Å²) in [5, 5.41) is 6.18. The summed E-state index contributed by atoms with van der Waals surface area (Å²) < 4.78 is 7.04. The number of aromatic nitrogens is 3. The molecule has 8 heteroatoms. The summed E-state index contributed by atoms with van der Waals surface area (Å²) in [6, 6.07) is 9.33. The van der Waals surface area contributed by atoms with Gasteiger partial charge < -0.3 is 4.52 Å². The van der Waals surface area contributed by atoms with Crippen LogP contribution in [0.1, 0.15) is 16.2 Å². The molecule has 138 valence electrons. The minimum Gasteiger partial charge on any atom is -0.360 e. The molecule has 0 unspecified atom stereocenters. The van der Waals surface area contributed by atoms with Crippen molar-refractivity contribution in [3.63, 3.8) is 0 Å². The van der Waals surface area contributed by atoms with Crippen LogP contribution in [0.5, 0.6) is 0 Å². The van der Waals surface area contributed by atoms with Crippen molar-refractivity contribution >= 4 is 44.9 Å². The molecule has 0 bridgehead atoms. The zero-order chi connectivity index (χ0) is 19.1. The van der Waals surface area contributed by atoms with E-state index in [0.29, 0.717) is 21.3 Å². The van der Waals surface area contributed by atoms with Crippen molar-refractivity contribution in [2.45, 2.75) is 24.8 Å². The van der Waals surface area contributed by atoms with E-state index in [1.165, 1.54) is 11.8 Å². The standard InChI is InChI=1S/C19H16ClN3O2S2/c1-10-11(2)27-17-16(10)18(24)23(3)19(21-17)26-9-14-8-15(22-25-14)12-4-6-13(20)7-5-12/h4-8H,9H2,1-3H3. The predicted molar refractivity (Wildman–Crippen MR) is 111 cm³/mol. The van der Waals surface area contributed by atoms with Crippen molar-refractivity contribution in [2.24, 2.45) is 7.05 Å². The van der Waals surface area contributed by atoms with Gasteiger partial charge in [-0.1, -0.05) is 40.7 Å². The highest BCUT2D eigenvalue weighted by atomic mass is 35.5. The highest BCUT2D eigenvalue weighted by Gasteiger charge is 2.16. The van der Waals surface area contributed by atoms with Gasteiger partial charge in [0, 0.05) is 28.6 Å². The summed E-state index contributed by atoms with van der Waals surface area (Å²) in [4.78, 5) is 19.3. The minimum atomic E-state index is -0.0104. The van der Waals surface area contributed by atoms with Crippen molar-refractivity contribution in [1.82, 2.24) is 14.7 Å². The first-order chi connectivity index (χ1) is 12.9. The highest BCUT2D eigenvalue weighted by Crippen LogP contribution is 2.30. The fourth-order valence-corrected chi connectivity index (χ4v) is 4.80. The second-order valence-electron chi connectivity index (χ2n) is 6.20. The molecule has 0 aliphatic rings. The normalized spacial score (nSPS) is 11.4. The average Bonchev–Trinajstić information content (AvgIpc) is 3.23. The SMILES string of the molecule is Cc1sc2nc(SCc3cc(-c4ccc(Cl)cc4)no3)n(C)c(=O)c2c1C. The molecular weight excluding hydrogens is 402 g/mol. The van der Waals surface area contributed by atoms with E-state index in [1.54, 1.807) is 23.0 Å². The van der Waals surface area contributed by atoms with Crippen molar-refractivity contribution in [3.05, 3.63) is 61.9 Å². The van der Waals surface area contributed by atoms with Gasteiger partial charge in [0.15, 0.2) is 5.16 Å². The summed E-state index contributed by atoms with van der Waals surface area (Å²) in [7, 11) is 1.75. The Bertz CT molecular complexity index is 1190. The topological polar surface area (TPSA) is 60.9 Å². The Hall–Kier alpha value is -2.09. The van der Waals surface area contributed by atoms with Crippen LogP contribution >= 0.6 is 34.7 Å². The summed E-state index contributed by atoms with van der Waals surface area (Å²) in [5.74, 6) is 1.26. The molecule has 4 rings (SSSR count). The Morgan fingerprint density at radius 1 is 1.26 bits per heavy atom. The van der Waals surface area contributed by atoms with Crippen LogP contribution in [0.3, 0.4) is 0 Å². The number of halogens is 1. The first-order valence-electron chi connectivity index (χ1n) is 8.25. The molecule has 0 aliphatic heterocycles. The van der Waals surface area contributed by atoms with E-state index in [-0.39, 0.29) is 5.56 Å². The lowest BCUT2D eigenvalue weighted by Gasteiger charge is -2.06. The number of rotatable bonds is 4. The molecule has 0 aliphatic carbocycles. The number of fused-ring (bicyclic) bond motifs is 1. The van der Waals surface area contributed by atoms with Crippen LogP contribution in [0.15, 0.2) is 44.8 Å². The lowest BCUT2D eigenvalue weighted by Crippen LogP contribution is -2.19. The number of aryl methyl sites for hydroxylation is 2. The zero-order valence-electron chi connectivity index (χ0n) is 14.9. The molecule has 0 amide bonds. The van der Waals surface area contributed by atoms with E-state index < -0.39 is 0 Å². The van der Waals surface area contributed by atoms with Crippen LogP contribution in [-0.2, 0) is 12.8 Å². The monoisotopic (exact) mass is 417 g/mol. The van der Waals surface area contributed by atoms with Gasteiger partial charge in [-0.25, -0.2) is 4.98 Å². The van der Waals surface area contributed by atoms with Gasteiger partial charge in [0.25, 0.3) is 5.56 Å². The molecule has 1 aromatic carbocycles. The third kappa shape index (κ3) is 3.42. The second kappa shape index (κ2) is 7.14. The van der Waals surface area contributed by atoms with E-state index in [2.05, 4.69) is 10.1 Å². The number of nitrogens with zero attached hydrogens (tertiary/aromatic N) is 3. The van der Waals surface area contributed by atoms with Crippen molar-refractivity contribution in [2.75, 3.05) is 0 Å². The average molecular weight is 418 g/mol. The zero-order valence-corrected chi connectivity index (χ0v) is 17.3. The first-order valence-corrected chi connectivity index (χ1v) is 10.4. The van der Waals surface area contributed by atoms with Gasteiger partial charge in [0.1, 0.15) is 16.3 Å². The summed E-state index contributed by atoms with van der Waals surface area (Å²) in [6.07, 6.45) is 0. The fourth-order valence-electron chi connectivity index (χ4n) is 2.76. The number of thiophene rings is 1. The highest BCUT2D eigenvalue weighted by molar-refractivity contribution is 7.98. The van der Waals surface area contributed by atoms with Gasteiger partial charge in [-0.3, -0.25) is 9.36 Å². The molecule has 27 heavy (non-hydrogen) atoms. The molecule has 5 nitrogen and oxygen atoms in total. The van der Waals surface area contributed by atoms with E-state index >= 15 is 0 Å². The number of thioether (sulfide) groups is 1. The first kappa shape index (κ1) is 18.3. The predicted octanol–water partition coefficient (Wildman–Crippen LogP) is 5.21. The third-order valence-corrected chi connectivity index (χ3v) is 6.82. The van der Waals surface area contributed by atoms with Crippen molar-refractivity contribution in [1.29, 1.82) is 0 Å². The van der Waals surface area contributed by atoms with Crippen LogP contribution in [0.4, 0.5) is 0 Å². The molecule has 0 fully saturated rings. The molecule has 4 aromatic rings. The Labute approximate surface area is 169 Å². The summed E-state index contributed by atoms with van der Waals surface area (Å²) in [5.41, 5.74) is 2.70. The second-order valence-corrected chi connectivity index (χ2v) is 8.78. The van der Waals surface area contributed by atoms with Crippen molar-refractivity contribution < 1.29 is 4.52 Å². The lowest BCUT2D eigenvalue weighted by atomic mass is 10.1. The molecule has 0 atom stereocenters. The maximum Gasteiger partial charge on any atom is 0.262 e. The Morgan fingerprint density at radius 3 is 2.74 bits per heavy atom. The van der Waals surface area contributed by atoms with Crippen LogP contribution in [-0.4, -0.2) is 14.7 Å². The van der Waals surface area contributed by atoms with Gasteiger partial charge in [-0.05, 0) is 31.5 Å². The Kier molecular flexibility index (Phi) is 4.84. The molecule has 0 N–H and O–H groups in total. The molecule has 0 saturated heterocycles. The van der Waals surface area contributed by atoms with Gasteiger partial charge in [-0.15, -0.1) is 11.3 Å². The third-order valence-electron chi connectivity index (χ3n) is 4.41. The maximum atomic E-state index is 12.7. The van der Waals surface area contributed by atoms with Crippen molar-refractivity contribution in [3.8, 4) is 11.3 Å². The summed E-state index contributed by atoms with van der Waals surface area (Å²) in [6.45, 7) is 3.98. The molecule has 3 heterocycles. The quantitative estimate of drug-likeness (QED) is 0.337.